The normalized spacial score (nSPS) is 15.4. The van der Waals surface area contributed by atoms with E-state index < -0.39 is 18.6 Å². The first-order chi connectivity index (χ1) is 9.90. The molecule has 0 spiro atoms. The van der Waals surface area contributed by atoms with Gasteiger partial charge in [0.05, 0.1) is 4.88 Å². The van der Waals surface area contributed by atoms with Crippen LogP contribution in [0.25, 0.3) is 0 Å². The van der Waals surface area contributed by atoms with E-state index >= 15 is 0 Å². The highest BCUT2D eigenvalue weighted by atomic mass is 35.5. The smallest absolute Gasteiger partial charge is 0.328 e. The molecule has 21 heavy (non-hydrogen) atoms. The third-order valence-electron chi connectivity index (χ3n) is 3.47. The first-order valence-electron chi connectivity index (χ1n) is 6.94. The second-order valence-corrected chi connectivity index (χ2v) is 6.67. The summed E-state index contributed by atoms with van der Waals surface area (Å²) >= 11 is 6.86. The first-order valence-corrected chi connectivity index (χ1v) is 8.29. The van der Waals surface area contributed by atoms with E-state index in [1.54, 1.807) is 6.07 Å². The van der Waals surface area contributed by atoms with Crippen LogP contribution in [0.2, 0.25) is 0 Å². The van der Waals surface area contributed by atoms with Crippen molar-refractivity contribution >= 4 is 28.8 Å². The van der Waals surface area contributed by atoms with Gasteiger partial charge < -0.3 is 4.90 Å². The molecule has 0 unspecified atom stereocenters. The Kier molecular flexibility index (Phi) is 5.54. The summed E-state index contributed by atoms with van der Waals surface area (Å²) in [5, 5.41) is 0. The van der Waals surface area contributed by atoms with Gasteiger partial charge in [0.25, 0.3) is 5.91 Å². The Balaban J connectivity index is 2.16. The van der Waals surface area contributed by atoms with Crippen molar-refractivity contribution in [2.45, 2.75) is 38.3 Å². The van der Waals surface area contributed by atoms with E-state index in [2.05, 4.69) is 0 Å². The van der Waals surface area contributed by atoms with Gasteiger partial charge in [0, 0.05) is 17.3 Å². The van der Waals surface area contributed by atoms with Gasteiger partial charge in [-0.05, 0) is 37.3 Å². The summed E-state index contributed by atoms with van der Waals surface area (Å²) in [4.78, 5) is 14.6. The minimum absolute atomic E-state index is 0.00703. The van der Waals surface area contributed by atoms with E-state index in [1.165, 1.54) is 11.3 Å². The summed E-state index contributed by atoms with van der Waals surface area (Å²) in [6, 6.07) is 1.77. The van der Waals surface area contributed by atoms with Crippen molar-refractivity contribution in [2.75, 3.05) is 19.0 Å². The largest absolute Gasteiger partial charge is 0.406 e. The highest BCUT2D eigenvalue weighted by Gasteiger charge is 2.33. The molecule has 0 aromatic carbocycles. The second-order valence-electron chi connectivity index (χ2n) is 5.15. The molecule has 0 aliphatic heterocycles. The fraction of sp³-hybridized carbons (Fsp3) is 0.643. The fourth-order valence-electron chi connectivity index (χ4n) is 2.50. The molecule has 0 N–H and O–H groups in total. The molecule has 0 radical (unpaired) electrons. The monoisotopic (exact) mass is 339 g/mol. The molecule has 0 bridgehead atoms. The number of thiophene rings is 1. The summed E-state index contributed by atoms with van der Waals surface area (Å²) in [5.41, 5.74) is 1.12. The van der Waals surface area contributed by atoms with Crippen molar-refractivity contribution in [3.05, 3.63) is 21.4 Å². The van der Waals surface area contributed by atoms with Crippen molar-refractivity contribution < 1.29 is 18.0 Å². The van der Waals surface area contributed by atoms with Crippen LogP contribution < -0.4 is 0 Å². The number of fused-ring (bicyclic) bond motifs is 1. The van der Waals surface area contributed by atoms with E-state index in [9.17, 15) is 18.0 Å². The van der Waals surface area contributed by atoms with Crippen molar-refractivity contribution in [3.8, 4) is 0 Å². The highest BCUT2D eigenvalue weighted by Crippen LogP contribution is 2.30. The molecule has 1 aliphatic carbocycles. The molecular formula is C14H17ClF3NOS. The number of amides is 1. The van der Waals surface area contributed by atoms with Gasteiger partial charge in [-0.15, -0.1) is 22.9 Å². The maximum Gasteiger partial charge on any atom is 0.406 e. The number of rotatable bonds is 4. The molecule has 1 amide bonds. The predicted molar refractivity (Wildman–Crippen MR) is 78.3 cm³/mol. The SMILES string of the molecule is O=C(c1cc2c(s1)CCCCC2)N(CCCl)CC(F)(F)F. The van der Waals surface area contributed by atoms with Gasteiger partial charge in [-0.3, -0.25) is 4.79 Å². The van der Waals surface area contributed by atoms with Crippen LogP contribution in [0.3, 0.4) is 0 Å². The van der Waals surface area contributed by atoms with Gasteiger partial charge in [0.2, 0.25) is 0 Å². The summed E-state index contributed by atoms with van der Waals surface area (Å²) in [7, 11) is 0. The van der Waals surface area contributed by atoms with Gasteiger partial charge in [0.1, 0.15) is 6.54 Å². The number of nitrogens with zero attached hydrogens (tertiary/aromatic N) is 1. The Bertz CT molecular complexity index is 477. The molecule has 1 aliphatic rings. The quantitative estimate of drug-likeness (QED) is 0.593. The molecule has 1 aromatic heterocycles. The zero-order chi connectivity index (χ0) is 15.5. The zero-order valence-corrected chi connectivity index (χ0v) is 13.1. The maximum atomic E-state index is 12.6. The molecule has 2 nitrogen and oxygen atoms in total. The number of carbonyl (C=O) groups excluding carboxylic acids is 1. The van der Waals surface area contributed by atoms with Gasteiger partial charge in [0.15, 0.2) is 0 Å². The number of hydrogen-bond donors (Lipinski definition) is 0. The lowest BCUT2D eigenvalue weighted by Crippen LogP contribution is -2.39. The summed E-state index contributed by atoms with van der Waals surface area (Å²) in [6.45, 7) is -1.34. The molecule has 0 fully saturated rings. The predicted octanol–water partition coefficient (Wildman–Crippen LogP) is 4.26. The Hall–Kier alpha value is -0.750. The topological polar surface area (TPSA) is 20.3 Å². The molecule has 2 rings (SSSR count). The number of hydrogen-bond acceptors (Lipinski definition) is 2. The second kappa shape index (κ2) is 7.01. The standard InChI is InChI=1S/C14H17ClF3NOS/c15-6-7-19(9-14(16,17)18)13(20)12-8-10-4-2-1-3-5-11(10)21-12/h8H,1-7,9H2. The van der Waals surface area contributed by atoms with Gasteiger partial charge in [-0.25, -0.2) is 0 Å². The third-order valence-corrected chi connectivity index (χ3v) is 4.86. The Labute approximate surface area is 130 Å². The summed E-state index contributed by atoms with van der Waals surface area (Å²) < 4.78 is 37.7. The highest BCUT2D eigenvalue weighted by molar-refractivity contribution is 7.14. The first kappa shape index (κ1) is 16.6. The molecule has 118 valence electrons. The van der Waals surface area contributed by atoms with Crippen molar-refractivity contribution in [1.29, 1.82) is 0 Å². The lowest BCUT2D eigenvalue weighted by Gasteiger charge is -2.22. The lowest BCUT2D eigenvalue weighted by molar-refractivity contribution is -0.140. The van der Waals surface area contributed by atoms with Crippen molar-refractivity contribution in [1.82, 2.24) is 4.90 Å². The molecule has 0 saturated carbocycles. The average Bonchev–Trinajstić information content (AvgIpc) is 2.67. The van der Waals surface area contributed by atoms with Crippen molar-refractivity contribution in [2.24, 2.45) is 0 Å². The molecule has 7 heteroatoms. The van der Waals surface area contributed by atoms with Gasteiger partial charge in [-0.2, -0.15) is 13.2 Å². The Morgan fingerprint density at radius 1 is 1.29 bits per heavy atom. The molecule has 0 saturated heterocycles. The molecular weight excluding hydrogens is 323 g/mol. The van der Waals surface area contributed by atoms with Crippen LogP contribution >= 0.6 is 22.9 Å². The van der Waals surface area contributed by atoms with Crippen LogP contribution in [0.1, 0.15) is 39.4 Å². The van der Waals surface area contributed by atoms with Gasteiger partial charge in [-0.1, -0.05) is 6.42 Å². The minimum Gasteiger partial charge on any atom is -0.328 e. The van der Waals surface area contributed by atoms with Crippen LogP contribution in [0.5, 0.6) is 0 Å². The number of alkyl halides is 4. The Morgan fingerprint density at radius 2 is 2.00 bits per heavy atom. The average molecular weight is 340 g/mol. The Morgan fingerprint density at radius 3 is 2.67 bits per heavy atom. The van der Waals surface area contributed by atoms with Gasteiger partial charge >= 0.3 is 6.18 Å². The maximum absolute atomic E-state index is 12.6. The summed E-state index contributed by atoms with van der Waals surface area (Å²) in [5.74, 6) is -0.571. The zero-order valence-electron chi connectivity index (χ0n) is 11.5. The van der Waals surface area contributed by atoms with E-state index in [4.69, 9.17) is 11.6 Å². The number of halogens is 4. The van der Waals surface area contributed by atoms with Crippen LogP contribution in [0.4, 0.5) is 13.2 Å². The van der Waals surface area contributed by atoms with E-state index in [0.717, 1.165) is 47.4 Å². The third kappa shape index (κ3) is 4.61. The van der Waals surface area contributed by atoms with E-state index in [0.29, 0.717) is 4.88 Å². The fourth-order valence-corrected chi connectivity index (χ4v) is 3.93. The van der Waals surface area contributed by atoms with E-state index in [1.807, 2.05) is 0 Å². The molecule has 0 atom stereocenters. The summed E-state index contributed by atoms with van der Waals surface area (Å²) in [6.07, 6.45) is 0.740. The van der Waals surface area contributed by atoms with Crippen LogP contribution in [0, 0.1) is 0 Å². The van der Waals surface area contributed by atoms with E-state index in [-0.39, 0.29) is 12.4 Å². The van der Waals surface area contributed by atoms with Crippen molar-refractivity contribution in [3.63, 3.8) is 0 Å². The van der Waals surface area contributed by atoms with Crippen LogP contribution in [-0.2, 0) is 12.8 Å². The van der Waals surface area contributed by atoms with Crippen LogP contribution in [0.15, 0.2) is 6.07 Å². The number of carbonyl (C=O) groups is 1. The minimum atomic E-state index is -4.41. The molecule has 1 aromatic rings. The lowest BCUT2D eigenvalue weighted by atomic mass is 10.1. The number of aryl methyl sites for hydroxylation is 2. The molecule has 1 heterocycles. The van der Waals surface area contributed by atoms with Crippen LogP contribution in [-0.4, -0.2) is 36.0 Å².